The van der Waals surface area contributed by atoms with Crippen molar-refractivity contribution in [3.8, 4) is 11.3 Å². The van der Waals surface area contributed by atoms with Gasteiger partial charge in [0.2, 0.25) is 11.1 Å². The van der Waals surface area contributed by atoms with Crippen molar-refractivity contribution in [2.24, 2.45) is 0 Å². The zero-order valence-electron chi connectivity index (χ0n) is 14.5. The molecule has 7 nitrogen and oxygen atoms in total. The number of carbonyl (C=O) groups is 1. The molecule has 0 unspecified atom stereocenters. The van der Waals surface area contributed by atoms with Crippen LogP contribution in [0.15, 0.2) is 46.0 Å². The molecule has 4 rings (SSSR count). The third-order valence-electron chi connectivity index (χ3n) is 4.26. The van der Waals surface area contributed by atoms with E-state index < -0.39 is 0 Å². The lowest BCUT2D eigenvalue weighted by atomic mass is 10.1. The van der Waals surface area contributed by atoms with Gasteiger partial charge in [0, 0.05) is 23.2 Å². The van der Waals surface area contributed by atoms with E-state index in [1.54, 1.807) is 4.52 Å². The SMILES string of the molecule is O=C(CSc1nnc2ccc(-c3ccc(Br)cc3)nn12)NC[C@@H]1CCCO1. The molecule has 1 aliphatic rings. The van der Waals surface area contributed by atoms with E-state index in [1.165, 1.54) is 11.8 Å². The molecule has 1 fully saturated rings. The second kappa shape index (κ2) is 8.37. The van der Waals surface area contributed by atoms with Gasteiger partial charge in [-0.25, -0.2) is 0 Å². The number of hydrogen-bond donors (Lipinski definition) is 1. The van der Waals surface area contributed by atoms with Crippen LogP contribution in [-0.4, -0.2) is 50.7 Å². The summed E-state index contributed by atoms with van der Waals surface area (Å²) >= 11 is 4.76. The number of carbonyl (C=O) groups excluding carboxylic acids is 1. The molecular weight excluding hydrogens is 430 g/mol. The average molecular weight is 448 g/mol. The van der Waals surface area contributed by atoms with Crippen molar-refractivity contribution in [1.29, 1.82) is 0 Å². The van der Waals surface area contributed by atoms with Gasteiger partial charge in [0.15, 0.2) is 5.65 Å². The number of ether oxygens (including phenoxy) is 1. The maximum Gasteiger partial charge on any atom is 0.230 e. The van der Waals surface area contributed by atoms with E-state index in [0.29, 0.717) is 17.3 Å². The van der Waals surface area contributed by atoms with Crippen LogP contribution in [0.3, 0.4) is 0 Å². The lowest BCUT2D eigenvalue weighted by Crippen LogP contribution is -2.32. The van der Waals surface area contributed by atoms with E-state index in [4.69, 9.17) is 4.74 Å². The molecule has 1 aromatic carbocycles. The van der Waals surface area contributed by atoms with Gasteiger partial charge < -0.3 is 10.1 Å². The smallest absolute Gasteiger partial charge is 0.230 e. The van der Waals surface area contributed by atoms with Crippen molar-refractivity contribution in [3.63, 3.8) is 0 Å². The van der Waals surface area contributed by atoms with Crippen molar-refractivity contribution in [1.82, 2.24) is 25.1 Å². The van der Waals surface area contributed by atoms with Gasteiger partial charge in [-0.05, 0) is 37.1 Å². The Bertz CT molecular complexity index is 941. The number of fused-ring (bicyclic) bond motifs is 1. The fourth-order valence-electron chi connectivity index (χ4n) is 2.85. The Kier molecular flexibility index (Phi) is 5.70. The lowest BCUT2D eigenvalue weighted by Gasteiger charge is -2.10. The summed E-state index contributed by atoms with van der Waals surface area (Å²) in [5.41, 5.74) is 2.47. The summed E-state index contributed by atoms with van der Waals surface area (Å²) in [5, 5.41) is 16.4. The Labute approximate surface area is 169 Å². The monoisotopic (exact) mass is 447 g/mol. The largest absolute Gasteiger partial charge is 0.376 e. The van der Waals surface area contributed by atoms with Crippen LogP contribution in [0, 0.1) is 0 Å². The van der Waals surface area contributed by atoms with E-state index in [0.717, 1.165) is 35.2 Å². The Balaban J connectivity index is 1.43. The molecule has 3 heterocycles. The summed E-state index contributed by atoms with van der Waals surface area (Å²) in [4.78, 5) is 12.1. The zero-order chi connectivity index (χ0) is 18.6. The van der Waals surface area contributed by atoms with Crippen LogP contribution in [0.4, 0.5) is 0 Å². The van der Waals surface area contributed by atoms with Gasteiger partial charge in [-0.1, -0.05) is 39.8 Å². The fourth-order valence-corrected chi connectivity index (χ4v) is 3.83. The highest BCUT2D eigenvalue weighted by Gasteiger charge is 2.17. The Morgan fingerprint density at radius 3 is 2.89 bits per heavy atom. The van der Waals surface area contributed by atoms with Crippen molar-refractivity contribution in [2.75, 3.05) is 18.9 Å². The van der Waals surface area contributed by atoms with Crippen LogP contribution in [0.1, 0.15) is 12.8 Å². The molecule has 3 aromatic rings. The third kappa shape index (κ3) is 4.48. The second-order valence-corrected chi connectivity index (χ2v) is 8.06. The van der Waals surface area contributed by atoms with Gasteiger partial charge in [-0.15, -0.1) is 10.2 Å². The number of halogens is 1. The first-order chi connectivity index (χ1) is 13.2. The molecule has 0 aliphatic carbocycles. The number of nitrogens with zero attached hydrogens (tertiary/aromatic N) is 4. The van der Waals surface area contributed by atoms with Crippen LogP contribution < -0.4 is 5.32 Å². The van der Waals surface area contributed by atoms with Gasteiger partial charge in [-0.3, -0.25) is 4.79 Å². The number of amides is 1. The second-order valence-electron chi connectivity index (χ2n) is 6.21. The van der Waals surface area contributed by atoms with Gasteiger partial charge >= 0.3 is 0 Å². The fraction of sp³-hybridized carbons (Fsp3) is 0.333. The molecule has 9 heteroatoms. The highest BCUT2D eigenvalue weighted by atomic mass is 79.9. The molecule has 1 aliphatic heterocycles. The molecule has 0 bridgehead atoms. The van der Waals surface area contributed by atoms with Crippen molar-refractivity contribution < 1.29 is 9.53 Å². The highest BCUT2D eigenvalue weighted by Crippen LogP contribution is 2.22. The number of nitrogens with one attached hydrogen (secondary N) is 1. The van der Waals surface area contributed by atoms with E-state index >= 15 is 0 Å². The maximum absolute atomic E-state index is 12.1. The molecule has 0 radical (unpaired) electrons. The van der Waals surface area contributed by atoms with E-state index in [-0.39, 0.29) is 17.8 Å². The molecule has 0 spiro atoms. The maximum atomic E-state index is 12.1. The average Bonchev–Trinajstić information content (AvgIpc) is 3.34. The van der Waals surface area contributed by atoms with Crippen LogP contribution in [-0.2, 0) is 9.53 Å². The summed E-state index contributed by atoms with van der Waals surface area (Å²) in [6.45, 7) is 1.35. The molecule has 1 saturated heterocycles. The summed E-state index contributed by atoms with van der Waals surface area (Å²) in [6, 6.07) is 11.7. The number of rotatable bonds is 6. The summed E-state index contributed by atoms with van der Waals surface area (Å²) in [7, 11) is 0. The van der Waals surface area contributed by atoms with Gasteiger partial charge in [-0.2, -0.15) is 9.61 Å². The normalized spacial score (nSPS) is 16.7. The summed E-state index contributed by atoms with van der Waals surface area (Å²) in [6.07, 6.45) is 2.21. The van der Waals surface area contributed by atoms with Crippen molar-refractivity contribution in [2.45, 2.75) is 24.1 Å². The van der Waals surface area contributed by atoms with Crippen LogP contribution in [0.5, 0.6) is 0 Å². The van der Waals surface area contributed by atoms with Crippen LogP contribution in [0.2, 0.25) is 0 Å². The Morgan fingerprint density at radius 2 is 2.11 bits per heavy atom. The molecule has 2 aromatic heterocycles. The number of hydrogen-bond acceptors (Lipinski definition) is 6. The zero-order valence-corrected chi connectivity index (χ0v) is 16.9. The summed E-state index contributed by atoms with van der Waals surface area (Å²) in [5.74, 6) is 0.217. The predicted octanol–water partition coefficient (Wildman–Crippen LogP) is 2.94. The van der Waals surface area contributed by atoms with Gasteiger partial charge in [0.05, 0.1) is 17.6 Å². The van der Waals surface area contributed by atoms with E-state index in [9.17, 15) is 4.79 Å². The molecule has 1 amide bonds. The van der Waals surface area contributed by atoms with Gasteiger partial charge in [0.1, 0.15) is 0 Å². The van der Waals surface area contributed by atoms with Crippen molar-refractivity contribution >= 4 is 39.2 Å². The first kappa shape index (κ1) is 18.4. The molecule has 27 heavy (non-hydrogen) atoms. The number of thioether (sulfide) groups is 1. The molecule has 140 valence electrons. The molecule has 1 atom stereocenters. The minimum atomic E-state index is -0.0451. The first-order valence-electron chi connectivity index (χ1n) is 8.68. The van der Waals surface area contributed by atoms with Gasteiger partial charge in [0.25, 0.3) is 0 Å². The lowest BCUT2D eigenvalue weighted by molar-refractivity contribution is -0.119. The topological polar surface area (TPSA) is 81.4 Å². The quantitative estimate of drug-likeness (QED) is 0.584. The molecule has 0 saturated carbocycles. The highest BCUT2D eigenvalue weighted by molar-refractivity contribution is 9.10. The van der Waals surface area contributed by atoms with E-state index in [1.807, 2.05) is 36.4 Å². The third-order valence-corrected chi connectivity index (χ3v) is 5.71. The summed E-state index contributed by atoms with van der Waals surface area (Å²) < 4.78 is 8.20. The Morgan fingerprint density at radius 1 is 1.26 bits per heavy atom. The number of benzene rings is 1. The first-order valence-corrected chi connectivity index (χ1v) is 10.5. The van der Waals surface area contributed by atoms with Crippen molar-refractivity contribution in [3.05, 3.63) is 40.9 Å². The molecular formula is C18H18BrN5O2S. The van der Waals surface area contributed by atoms with Crippen LogP contribution in [0.25, 0.3) is 16.9 Å². The van der Waals surface area contributed by atoms with Crippen LogP contribution >= 0.6 is 27.7 Å². The molecule has 1 N–H and O–H groups in total. The number of aromatic nitrogens is 4. The Hall–Kier alpha value is -1.97. The minimum Gasteiger partial charge on any atom is -0.376 e. The standard InChI is InChI=1S/C18H18BrN5O2S/c19-13-5-3-12(4-6-13)15-7-8-16-21-22-18(24(16)23-15)27-11-17(25)20-10-14-2-1-9-26-14/h3-8,14H,1-2,9-11H2,(H,20,25)/t14-/m0/s1. The van der Waals surface area contributed by atoms with E-state index in [2.05, 4.69) is 36.5 Å². The predicted molar refractivity (Wildman–Crippen MR) is 107 cm³/mol. The minimum absolute atomic E-state index is 0.0451.